The third-order valence-corrected chi connectivity index (χ3v) is 2.62. The number of halogens is 2. The zero-order chi connectivity index (χ0) is 12.3. The summed E-state index contributed by atoms with van der Waals surface area (Å²) >= 11 is 3.29. The lowest BCUT2D eigenvalue weighted by molar-refractivity contribution is 0.300. The van der Waals surface area contributed by atoms with Crippen LogP contribution in [-0.2, 0) is 6.61 Å². The highest BCUT2D eigenvalue weighted by Gasteiger charge is 2.02. The summed E-state index contributed by atoms with van der Waals surface area (Å²) in [7, 11) is 0. The van der Waals surface area contributed by atoms with Gasteiger partial charge in [-0.3, -0.25) is 4.98 Å². The van der Waals surface area contributed by atoms with Crippen LogP contribution in [0.15, 0.2) is 41.0 Å². The average Bonchev–Trinajstić information content (AvgIpc) is 2.33. The molecule has 0 aliphatic carbocycles. The number of nitrogens with zero attached hydrogens (tertiary/aromatic N) is 1. The number of rotatable bonds is 3. The number of ether oxygens (including phenoxy) is 1. The molecule has 0 saturated heterocycles. The summed E-state index contributed by atoms with van der Waals surface area (Å²) in [5.41, 5.74) is 6.24. The van der Waals surface area contributed by atoms with Gasteiger partial charge in [-0.15, -0.1) is 0 Å². The van der Waals surface area contributed by atoms with Gasteiger partial charge in [-0.1, -0.05) is 0 Å². The summed E-state index contributed by atoms with van der Waals surface area (Å²) < 4.78 is 19.4. The first kappa shape index (κ1) is 11.9. The van der Waals surface area contributed by atoms with E-state index in [4.69, 9.17) is 10.5 Å². The van der Waals surface area contributed by atoms with Crippen molar-refractivity contribution in [2.45, 2.75) is 6.61 Å². The number of aromatic nitrogens is 1. The molecule has 2 N–H and O–H groups in total. The molecule has 0 spiro atoms. The van der Waals surface area contributed by atoms with Crippen LogP contribution in [-0.4, -0.2) is 4.98 Å². The van der Waals surface area contributed by atoms with Crippen molar-refractivity contribution in [3.63, 3.8) is 0 Å². The van der Waals surface area contributed by atoms with E-state index in [1.807, 2.05) is 12.1 Å². The van der Waals surface area contributed by atoms with Crippen molar-refractivity contribution < 1.29 is 9.13 Å². The minimum absolute atomic E-state index is 0.110. The topological polar surface area (TPSA) is 48.1 Å². The van der Waals surface area contributed by atoms with Gasteiger partial charge >= 0.3 is 0 Å². The third kappa shape index (κ3) is 3.17. The Morgan fingerprint density at radius 1 is 1.29 bits per heavy atom. The quantitative estimate of drug-likeness (QED) is 0.885. The molecule has 0 radical (unpaired) electrons. The van der Waals surface area contributed by atoms with Crippen molar-refractivity contribution >= 4 is 21.6 Å². The van der Waals surface area contributed by atoms with Gasteiger partial charge in [-0.25, -0.2) is 4.39 Å². The molecule has 17 heavy (non-hydrogen) atoms. The van der Waals surface area contributed by atoms with Gasteiger partial charge in [0.05, 0.1) is 11.4 Å². The van der Waals surface area contributed by atoms with Gasteiger partial charge in [0, 0.05) is 16.7 Å². The lowest BCUT2D eigenvalue weighted by atomic mass is 10.3. The Hall–Kier alpha value is -1.62. The summed E-state index contributed by atoms with van der Waals surface area (Å²) in [5.74, 6) is -0.0484. The molecule has 3 nitrogen and oxygen atoms in total. The molecule has 0 aliphatic heterocycles. The molecule has 1 heterocycles. The molecule has 0 unspecified atom stereocenters. The molecule has 88 valence electrons. The third-order valence-electron chi connectivity index (χ3n) is 2.15. The molecule has 0 atom stereocenters. The number of hydrogen-bond donors (Lipinski definition) is 1. The van der Waals surface area contributed by atoms with E-state index in [1.54, 1.807) is 12.3 Å². The van der Waals surface area contributed by atoms with Crippen LogP contribution >= 0.6 is 15.9 Å². The van der Waals surface area contributed by atoms with Gasteiger partial charge < -0.3 is 10.5 Å². The van der Waals surface area contributed by atoms with Gasteiger partial charge in [-0.2, -0.15) is 0 Å². The van der Waals surface area contributed by atoms with Crippen molar-refractivity contribution in [2.75, 3.05) is 5.73 Å². The normalized spacial score (nSPS) is 10.2. The monoisotopic (exact) mass is 296 g/mol. The van der Waals surface area contributed by atoms with Gasteiger partial charge in [-0.05, 0) is 40.2 Å². The highest BCUT2D eigenvalue weighted by molar-refractivity contribution is 9.10. The average molecular weight is 297 g/mol. The standard InChI is InChI=1S/C12H10BrFN2O/c13-8-1-2-9(16-6-8)7-17-10-3-4-12(15)11(14)5-10/h1-6H,7,15H2. The first-order valence-electron chi connectivity index (χ1n) is 4.93. The van der Waals surface area contributed by atoms with Crippen molar-refractivity contribution in [3.8, 4) is 5.75 Å². The maximum absolute atomic E-state index is 13.1. The fraction of sp³-hybridized carbons (Fsp3) is 0.0833. The molecular formula is C12H10BrFN2O. The lowest BCUT2D eigenvalue weighted by Crippen LogP contribution is -1.99. The molecule has 1 aromatic carbocycles. The maximum Gasteiger partial charge on any atom is 0.149 e. The highest BCUT2D eigenvalue weighted by atomic mass is 79.9. The number of pyridine rings is 1. The van der Waals surface area contributed by atoms with E-state index < -0.39 is 5.82 Å². The molecule has 2 aromatic rings. The maximum atomic E-state index is 13.1. The molecule has 2 rings (SSSR count). The lowest BCUT2D eigenvalue weighted by Gasteiger charge is -2.06. The Balaban J connectivity index is 2.02. The Morgan fingerprint density at radius 2 is 2.12 bits per heavy atom. The van der Waals surface area contributed by atoms with E-state index in [9.17, 15) is 4.39 Å². The summed E-state index contributed by atoms with van der Waals surface area (Å²) in [6.07, 6.45) is 1.68. The Labute approximate surface area is 107 Å². The van der Waals surface area contributed by atoms with Gasteiger partial charge in [0.25, 0.3) is 0 Å². The van der Waals surface area contributed by atoms with E-state index in [-0.39, 0.29) is 12.3 Å². The van der Waals surface area contributed by atoms with Crippen molar-refractivity contribution in [1.82, 2.24) is 4.98 Å². The molecule has 0 bridgehead atoms. The highest BCUT2D eigenvalue weighted by Crippen LogP contribution is 2.19. The van der Waals surface area contributed by atoms with Gasteiger partial charge in [0.15, 0.2) is 0 Å². The Bertz CT molecular complexity index is 516. The molecule has 5 heteroatoms. The Morgan fingerprint density at radius 3 is 2.76 bits per heavy atom. The summed E-state index contributed by atoms with van der Waals surface area (Å²) in [4.78, 5) is 4.14. The smallest absolute Gasteiger partial charge is 0.149 e. The van der Waals surface area contributed by atoms with Crippen molar-refractivity contribution in [3.05, 3.63) is 52.5 Å². The predicted molar refractivity (Wildman–Crippen MR) is 67.1 cm³/mol. The number of nitrogens with two attached hydrogens (primary N) is 1. The summed E-state index contributed by atoms with van der Waals surface area (Å²) in [6, 6.07) is 8.05. The number of anilines is 1. The van der Waals surface area contributed by atoms with E-state index in [0.717, 1.165) is 10.2 Å². The number of nitrogen functional groups attached to an aromatic ring is 1. The van der Waals surface area contributed by atoms with Crippen LogP contribution in [0, 0.1) is 5.82 Å². The largest absolute Gasteiger partial charge is 0.487 e. The van der Waals surface area contributed by atoms with Crippen LogP contribution in [0.5, 0.6) is 5.75 Å². The second-order valence-corrected chi connectivity index (χ2v) is 4.36. The van der Waals surface area contributed by atoms with Crippen LogP contribution in [0.4, 0.5) is 10.1 Å². The molecule has 0 fully saturated rings. The van der Waals surface area contributed by atoms with Crippen LogP contribution in [0.3, 0.4) is 0 Å². The first-order valence-corrected chi connectivity index (χ1v) is 5.73. The first-order chi connectivity index (χ1) is 8.15. The van der Waals surface area contributed by atoms with Gasteiger partial charge in [0.1, 0.15) is 18.2 Å². The second kappa shape index (κ2) is 5.14. The Kier molecular flexibility index (Phi) is 3.58. The summed E-state index contributed by atoms with van der Waals surface area (Å²) in [6.45, 7) is 0.288. The second-order valence-electron chi connectivity index (χ2n) is 3.44. The fourth-order valence-electron chi connectivity index (χ4n) is 1.25. The fourth-order valence-corrected chi connectivity index (χ4v) is 1.48. The van der Waals surface area contributed by atoms with Gasteiger partial charge in [0.2, 0.25) is 0 Å². The molecule has 0 amide bonds. The van der Waals surface area contributed by atoms with Crippen molar-refractivity contribution in [2.24, 2.45) is 0 Å². The SMILES string of the molecule is Nc1ccc(OCc2ccc(Br)cn2)cc1F. The minimum atomic E-state index is -0.480. The van der Waals surface area contributed by atoms with E-state index in [0.29, 0.717) is 5.75 Å². The van der Waals surface area contributed by atoms with Crippen LogP contribution < -0.4 is 10.5 Å². The minimum Gasteiger partial charge on any atom is -0.487 e. The zero-order valence-corrected chi connectivity index (χ0v) is 10.4. The van der Waals surface area contributed by atoms with E-state index in [1.165, 1.54) is 12.1 Å². The zero-order valence-electron chi connectivity index (χ0n) is 8.86. The number of benzene rings is 1. The predicted octanol–water partition coefficient (Wildman–Crippen LogP) is 3.14. The van der Waals surface area contributed by atoms with E-state index in [2.05, 4.69) is 20.9 Å². The van der Waals surface area contributed by atoms with Crippen LogP contribution in [0.2, 0.25) is 0 Å². The number of hydrogen-bond acceptors (Lipinski definition) is 3. The molecule has 0 aliphatic rings. The van der Waals surface area contributed by atoms with Crippen LogP contribution in [0.1, 0.15) is 5.69 Å². The van der Waals surface area contributed by atoms with Crippen molar-refractivity contribution in [1.29, 1.82) is 0 Å². The van der Waals surface area contributed by atoms with Crippen LogP contribution in [0.25, 0.3) is 0 Å². The molecular weight excluding hydrogens is 287 g/mol. The molecule has 1 aromatic heterocycles. The summed E-state index contributed by atoms with van der Waals surface area (Å²) in [5, 5.41) is 0. The van der Waals surface area contributed by atoms with E-state index >= 15 is 0 Å². The molecule has 0 saturated carbocycles.